The quantitative estimate of drug-likeness (QED) is 0.614. The zero-order valence-corrected chi connectivity index (χ0v) is 14.0. The zero-order valence-electron chi connectivity index (χ0n) is 14.0. The van der Waals surface area contributed by atoms with E-state index in [0.29, 0.717) is 35.5 Å². The number of hydroxylamine groups is 1. The topological polar surface area (TPSA) is 58.6 Å². The summed E-state index contributed by atoms with van der Waals surface area (Å²) in [4.78, 5) is 11.3. The fourth-order valence-corrected chi connectivity index (χ4v) is 3.03. The number of carbonyl (C=O) groups is 1. The third-order valence-corrected chi connectivity index (χ3v) is 4.76. The molecule has 4 nitrogen and oxygen atoms in total. The summed E-state index contributed by atoms with van der Waals surface area (Å²) in [6.07, 6.45) is 0.981. The first-order valence-corrected chi connectivity index (χ1v) is 7.98. The highest BCUT2D eigenvalue weighted by atomic mass is 19.3. The number of hydrogen-bond acceptors (Lipinski definition) is 3. The lowest BCUT2D eigenvalue weighted by Crippen LogP contribution is -2.30. The van der Waals surface area contributed by atoms with Crippen molar-refractivity contribution in [1.82, 2.24) is 5.48 Å². The van der Waals surface area contributed by atoms with Crippen molar-refractivity contribution in [3.8, 4) is 11.5 Å². The van der Waals surface area contributed by atoms with Crippen molar-refractivity contribution in [2.24, 2.45) is 0 Å². The highest BCUT2D eigenvalue weighted by molar-refractivity contribution is 5.93. The summed E-state index contributed by atoms with van der Waals surface area (Å²) >= 11 is 0. The third kappa shape index (κ3) is 3.22. The van der Waals surface area contributed by atoms with E-state index in [2.05, 4.69) is 0 Å². The Morgan fingerprint density at radius 3 is 2.32 bits per heavy atom. The molecule has 2 aromatic carbocycles. The van der Waals surface area contributed by atoms with Crippen LogP contribution in [0.4, 0.5) is 8.78 Å². The van der Waals surface area contributed by atoms with Gasteiger partial charge < -0.3 is 4.74 Å². The monoisotopic (exact) mass is 347 g/mol. The van der Waals surface area contributed by atoms with Gasteiger partial charge in [-0.15, -0.1) is 0 Å². The Balaban J connectivity index is 1.79. The Bertz CT molecular complexity index is 793. The lowest BCUT2D eigenvalue weighted by Gasteiger charge is -2.24. The predicted octanol–water partition coefficient (Wildman–Crippen LogP) is 4.59. The number of alkyl halides is 2. The highest BCUT2D eigenvalue weighted by Crippen LogP contribution is 2.58. The average molecular weight is 347 g/mol. The first kappa shape index (κ1) is 17.4. The fourth-order valence-electron chi connectivity index (χ4n) is 3.03. The van der Waals surface area contributed by atoms with Crippen LogP contribution in [-0.4, -0.2) is 17.0 Å². The van der Waals surface area contributed by atoms with Crippen LogP contribution in [0, 0.1) is 6.92 Å². The minimum atomic E-state index is -2.75. The summed E-state index contributed by atoms with van der Waals surface area (Å²) in [5, 5.41) is 8.60. The van der Waals surface area contributed by atoms with E-state index in [1.165, 1.54) is 12.1 Å². The Hall–Kier alpha value is -2.47. The van der Waals surface area contributed by atoms with E-state index in [0.717, 1.165) is 12.5 Å². The molecule has 132 valence electrons. The second-order valence-electron chi connectivity index (χ2n) is 6.52. The number of halogens is 2. The van der Waals surface area contributed by atoms with Crippen LogP contribution in [0.15, 0.2) is 42.5 Å². The highest BCUT2D eigenvalue weighted by Gasteiger charge is 2.60. The van der Waals surface area contributed by atoms with Gasteiger partial charge in [0.2, 0.25) is 0 Å². The summed E-state index contributed by atoms with van der Waals surface area (Å²) in [5.74, 6) is -2.28. The second kappa shape index (κ2) is 6.11. The number of hydrogen-bond donors (Lipinski definition) is 2. The largest absolute Gasteiger partial charge is 0.457 e. The van der Waals surface area contributed by atoms with E-state index in [9.17, 15) is 13.6 Å². The minimum absolute atomic E-state index is 0.294. The SMILES string of the molecule is Cc1cc(C2(C(C)(F)F)CC2)ccc1Oc1ccc(C(=O)NO)cc1. The maximum Gasteiger partial charge on any atom is 0.274 e. The molecule has 1 amide bonds. The van der Waals surface area contributed by atoms with E-state index in [1.807, 2.05) is 6.92 Å². The zero-order chi connectivity index (χ0) is 18.2. The van der Waals surface area contributed by atoms with Gasteiger partial charge in [-0.1, -0.05) is 12.1 Å². The van der Waals surface area contributed by atoms with Crippen LogP contribution in [0.3, 0.4) is 0 Å². The normalized spacial score (nSPS) is 15.6. The van der Waals surface area contributed by atoms with Crippen LogP contribution in [0.5, 0.6) is 11.5 Å². The molecule has 1 saturated carbocycles. The number of carbonyl (C=O) groups excluding carboxylic acids is 1. The Labute approximate surface area is 144 Å². The average Bonchev–Trinajstić information content (AvgIpc) is 3.38. The van der Waals surface area contributed by atoms with Gasteiger partial charge >= 0.3 is 0 Å². The van der Waals surface area contributed by atoms with Crippen LogP contribution in [0.1, 0.15) is 41.3 Å². The van der Waals surface area contributed by atoms with Gasteiger partial charge in [0.05, 0.1) is 5.41 Å². The fraction of sp³-hybridized carbons (Fsp3) is 0.316. The second-order valence-corrected chi connectivity index (χ2v) is 6.52. The molecule has 0 unspecified atom stereocenters. The Morgan fingerprint density at radius 2 is 1.84 bits per heavy atom. The molecule has 0 spiro atoms. The molecule has 2 N–H and O–H groups in total. The number of rotatable bonds is 5. The van der Waals surface area contributed by atoms with Crippen LogP contribution in [0.25, 0.3) is 0 Å². The van der Waals surface area contributed by atoms with Gasteiger partial charge in [-0.05, 0) is 61.2 Å². The molecule has 0 atom stereocenters. The van der Waals surface area contributed by atoms with Crippen molar-refractivity contribution in [2.45, 2.75) is 38.0 Å². The molecular formula is C19H19F2NO3. The van der Waals surface area contributed by atoms with Gasteiger partial charge in [-0.25, -0.2) is 14.3 Å². The van der Waals surface area contributed by atoms with E-state index in [1.54, 1.807) is 35.8 Å². The molecule has 1 aliphatic carbocycles. The number of amides is 1. The number of nitrogens with one attached hydrogen (secondary N) is 1. The van der Waals surface area contributed by atoms with Crippen molar-refractivity contribution in [1.29, 1.82) is 0 Å². The maximum absolute atomic E-state index is 13.9. The van der Waals surface area contributed by atoms with Gasteiger partial charge in [0.15, 0.2) is 0 Å². The number of benzene rings is 2. The first-order valence-electron chi connectivity index (χ1n) is 7.98. The molecule has 0 bridgehead atoms. The van der Waals surface area contributed by atoms with Gasteiger partial charge in [0.25, 0.3) is 11.8 Å². The van der Waals surface area contributed by atoms with Crippen LogP contribution in [-0.2, 0) is 5.41 Å². The standard InChI is InChI=1S/C19H19F2NO3/c1-12-11-14(19(9-10-19)18(2,20)21)5-8-16(12)25-15-6-3-13(4-7-15)17(23)22-24/h3-8,11,24H,9-10H2,1-2H3,(H,22,23). The van der Waals surface area contributed by atoms with E-state index >= 15 is 0 Å². The molecule has 0 radical (unpaired) electrons. The van der Waals surface area contributed by atoms with E-state index in [4.69, 9.17) is 9.94 Å². The van der Waals surface area contributed by atoms with Crippen LogP contribution < -0.4 is 10.2 Å². The minimum Gasteiger partial charge on any atom is -0.457 e. The molecule has 2 aromatic rings. The molecule has 1 fully saturated rings. The van der Waals surface area contributed by atoms with Gasteiger partial charge in [0, 0.05) is 12.5 Å². The van der Waals surface area contributed by atoms with Crippen molar-refractivity contribution in [3.05, 3.63) is 59.2 Å². The van der Waals surface area contributed by atoms with E-state index < -0.39 is 17.2 Å². The van der Waals surface area contributed by atoms with Crippen molar-refractivity contribution >= 4 is 5.91 Å². The predicted molar refractivity (Wildman–Crippen MR) is 88.5 cm³/mol. The maximum atomic E-state index is 13.9. The summed E-state index contributed by atoms with van der Waals surface area (Å²) < 4.78 is 33.5. The summed E-state index contributed by atoms with van der Waals surface area (Å²) in [6, 6.07) is 11.4. The van der Waals surface area contributed by atoms with Gasteiger partial charge in [-0.2, -0.15) is 0 Å². The molecule has 25 heavy (non-hydrogen) atoms. The lowest BCUT2D eigenvalue weighted by atomic mass is 9.89. The van der Waals surface area contributed by atoms with E-state index in [-0.39, 0.29) is 0 Å². The molecule has 0 saturated heterocycles. The third-order valence-electron chi connectivity index (χ3n) is 4.76. The Morgan fingerprint density at radius 1 is 1.20 bits per heavy atom. The van der Waals surface area contributed by atoms with Crippen molar-refractivity contribution in [3.63, 3.8) is 0 Å². The number of ether oxygens (including phenoxy) is 1. The molecule has 0 aromatic heterocycles. The molecular weight excluding hydrogens is 328 g/mol. The van der Waals surface area contributed by atoms with Gasteiger partial charge in [0.1, 0.15) is 11.5 Å². The van der Waals surface area contributed by atoms with Crippen molar-refractivity contribution < 1.29 is 23.5 Å². The molecule has 0 aliphatic heterocycles. The summed E-state index contributed by atoms with van der Waals surface area (Å²) in [6.45, 7) is 2.79. The van der Waals surface area contributed by atoms with Crippen LogP contribution in [0.2, 0.25) is 0 Å². The Kier molecular flexibility index (Phi) is 4.24. The smallest absolute Gasteiger partial charge is 0.274 e. The van der Waals surface area contributed by atoms with Crippen molar-refractivity contribution in [2.75, 3.05) is 0 Å². The molecule has 3 rings (SSSR count). The number of aryl methyl sites for hydroxylation is 1. The molecule has 1 aliphatic rings. The van der Waals surface area contributed by atoms with Crippen LogP contribution >= 0.6 is 0 Å². The molecule has 6 heteroatoms. The lowest BCUT2D eigenvalue weighted by molar-refractivity contribution is -0.0200. The summed E-state index contributed by atoms with van der Waals surface area (Å²) in [5.41, 5.74) is 2.21. The molecule has 0 heterocycles. The van der Waals surface area contributed by atoms with Gasteiger partial charge in [-0.3, -0.25) is 10.0 Å². The first-order chi connectivity index (χ1) is 11.8. The summed E-state index contributed by atoms with van der Waals surface area (Å²) in [7, 11) is 0.